The number of nitrogens with one attached hydrogen (secondary N) is 1. The molecule has 1 aliphatic rings. The van der Waals surface area contributed by atoms with E-state index in [0.717, 1.165) is 44.2 Å². The summed E-state index contributed by atoms with van der Waals surface area (Å²) in [4.78, 5) is 12.4. The standard InChI is InChI=1S/C21H29N3O2/c1-3-4-13-26-16(2)21(25)23-19-11-8-12-20-18(19)14-22-24(20)15-17-9-6-5-7-10-17/h5-7,9-10,14,16,19H,3-4,8,11-13,15H2,1-2H3,(H,23,25). The highest BCUT2D eigenvalue weighted by Gasteiger charge is 2.27. The summed E-state index contributed by atoms with van der Waals surface area (Å²) in [6.07, 6.45) is 6.59. The average molecular weight is 355 g/mol. The molecule has 0 radical (unpaired) electrons. The number of carbonyl (C=O) groups is 1. The first-order valence-electron chi connectivity index (χ1n) is 9.69. The number of benzene rings is 1. The molecular formula is C21H29N3O2. The lowest BCUT2D eigenvalue weighted by Crippen LogP contribution is -2.38. The van der Waals surface area contributed by atoms with Crippen molar-refractivity contribution in [1.29, 1.82) is 0 Å². The van der Waals surface area contributed by atoms with Crippen LogP contribution in [0.3, 0.4) is 0 Å². The third-order valence-corrected chi connectivity index (χ3v) is 4.99. The molecule has 0 saturated carbocycles. The highest BCUT2D eigenvalue weighted by Crippen LogP contribution is 2.30. The molecule has 0 saturated heterocycles. The molecule has 1 aromatic heterocycles. The number of unbranched alkanes of at least 4 members (excludes halogenated alkanes) is 1. The minimum absolute atomic E-state index is 0.0326. The van der Waals surface area contributed by atoms with Crippen LogP contribution >= 0.6 is 0 Å². The van der Waals surface area contributed by atoms with Crippen LogP contribution in [0.2, 0.25) is 0 Å². The van der Waals surface area contributed by atoms with E-state index in [2.05, 4.69) is 34.2 Å². The van der Waals surface area contributed by atoms with E-state index in [4.69, 9.17) is 4.74 Å². The molecule has 0 fully saturated rings. The van der Waals surface area contributed by atoms with Gasteiger partial charge in [-0.05, 0) is 38.2 Å². The topological polar surface area (TPSA) is 56.1 Å². The number of fused-ring (bicyclic) bond motifs is 1. The van der Waals surface area contributed by atoms with Crippen LogP contribution in [0, 0.1) is 0 Å². The molecule has 1 aromatic carbocycles. The van der Waals surface area contributed by atoms with Gasteiger partial charge in [0.05, 0.1) is 18.8 Å². The number of aromatic nitrogens is 2. The second-order valence-electron chi connectivity index (χ2n) is 7.01. The molecule has 5 heteroatoms. The number of nitrogens with zero attached hydrogens (tertiary/aromatic N) is 2. The first kappa shape index (κ1) is 18.6. The predicted molar refractivity (Wildman–Crippen MR) is 102 cm³/mol. The molecule has 1 amide bonds. The fourth-order valence-electron chi connectivity index (χ4n) is 3.43. The van der Waals surface area contributed by atoms with Gasteiger partial charge in [0.2, 0.25) is 5.91 Å². The fourth-order valence-corrected chi connectivity index (χ4v) is 3.43. The maximum atomic E-state index is 12.4. The van der Waals surface area contributed by atoms with Crippen molar-refractivity contribution in [2.75, 3.05) is 6.61 Å². The minimum atomic E-state index is -0.411. The van der Waals surface area contributed by atoms with E-state index in [-0.39, 0.29) is 11.9 Å². The largest absolute Gasteiger partial charge is 0.369 e. The van der Waals surface area contributed by atoms with Gasteiger partial charge in [0.1, 0.15) is 6.10 Å². The summed E-state index contributed by atoms with van der Waals surface area (Å²) in [6.45, 7) is 5.35. The second kappa shape index (κ2) is 8.99. The highest BCUT2D eigenvalue weighted by atomic mass is 16.5. The van der Waals surface area contributed by atoms with Gasteiger partial charge in [-0.3, -0.25) is 9.48 Å². The van der Waals surface area contributed by atoms with Gasteiger partial charge in [-0.2, -0.15) is 5.10 Å². The Morgan fingerprint density at radius 3 is 2.96 bits per heavy atom. The van der Waals surface area contributed by atoms with Crippen molar-refractivity contribution in [1.82, 2.24) is 15.1 Å². The quantitative estimate of drug-likeness (QED) is 0.736. The van der Waals surface area contributed by atoms with Gasteiger partial charge in [0, 0.05) is 17.9 Å². The highest BCUT2D eigenvalue weighted by molar-refractivity contribution is 5.80. The Morgan fingerprint density at radius 2 is 2.19 bits per heavy atom. The third kappa shape index (κ3) is 4.52. The molecule has 0 aliphatic heterocycles. The van der Waals surface area contributed by atoms with Gasteiger partial charge in [0.25, 0.3) is 0 Å². The predicted octanol–water partition coefficient (Wildman–Crippen LogP) is 3.63. The molecule has 2 aromatic rings. The van der Waals surface area contributed by atoms with E-state index in [9.17, 15) is 4.79 Å². The smallest absolute Gasteiger partial charge is 0.249 e. The second-order valence-corrected chi connectivity index (χ2v) is 7.01. The van der Waals surface area contributed by atoms with Gasteiger partial charge in [-0.15, -0.1) is 0 Å². The molecule has 1 heterocycles. The minimum Gasteiger partial charge on any atom is -0.369 e. The van der Waals surface area contributed by atoms with Crippen molar-refractivity contribution in [2.45, 2.75) is 64.6 Å². The van der Waals surface area contributed by atoms with Crippen LogP contribution in [0.1, 0.15) is 62.4 Å². The van der Waals surface area contributed by atoms with Crippen LogP contribution in [0.25, 0.3) is 0 Å². The van der Waals surface area contributed by atoms with E-state index in [0.29, 0.717) is 6.61 Å². The molecule has 1 aliphatic carbocycles. The summed E-state index contributed by atoms with van der Waals surface area (Å²) >= 11 is 0. The number of hydrogen-bond acceptors (Lipinski definition) is 3. The van der Waals surface area contributed by atoms with Crippen LogP contribution in [-0.4, -0.2) is 28.4 Å². The zero-order chi connectivity index (χ0) is 18.4. The Kier molecular flexibility index (Phi) is 6.45. The van der Waals surface area contributed by atoms with Gasteiger partial charge in [0.15, 0.2) is 0 Å². The van der Waals surface area contributed by atoms with Crippen molar-refractivity contribution < 1.29 is 9.53 Å². The zero-order valence-electron chi connectivity index (χ0n) is 15.8. The third-order valence-electron chi connectivity index (χ3n) is 4.99. The number of hydrogen-bond donors (Lipinski definition) is 1. The summed E-state index contributed by atoms with van der Waals surface area (Å²) < 4.78 is 7.70. The summed E-state index contributed by atoms with van der Waals surface area (Å²) in [7, 11) is 0. The van der Waals surface area contributed by atoms with Crippen LogP contribution in [-0.2, 0) is 22.5 Å². The lowest BCUT2D eigenvalue weighted by atomic mass is 9.92. The van der Waals surface area contributed by atoms with Gasteiger partial charge in [-0.1, -0.05) is 43.7 Å². The molecule has 5 nitrogen and oxygen atoms in total. The first-order chi connectivity index (χ1) is 12.7. The van der Waals surface area contributed by atoms with Crippen LogP contribution in [0.4, 0.5) is 0 Å². The maximum Gasteiger partial charge on any atom is 0.249 e. The van der Waals surface area contributed by atoms with Crippen molar-refractivity contribution in [3.63, 3.8) is 0 Å². The summed E-state index contributed by atoms with van der Waals surface area (Å²) in [5.41, 5.74) is 3.63. The number of amides is 1. The van der Waals surface area contributed by atoms with Crippen LogP contribution in [0.5, 0.6) is 0 Å². The van der Waals surface area contributed by atoms with E-state index in [1.54, 1.807) is 0 Å². The van der Waals surface area contributed by atoms with Crippen LogP contribution < -0.4 is 5.32 Å². The molecular weight excluding hydrogens is 326 g/mol. The molecule has 2 unspecified atom stereocenters. The van der Waals surface area contributed by atoms with Crippen molar-refractivity contribution in [3.8, 4) is 0 Å². The van der Waals surface area contributed by atoms with Gasteiger partial charge in [-0.25, -0.2) is 0 Å². The number of ether oxygens (including phenoxy) is 1. The van der Waals surface area contributed by atoms with Gasteiger partial charge < -0.3 is 10.1 Å². The molecule has 140 valence electrons. The van der Waals surface area contributed by atoms with E-state index >= 15 is 0 Å². The molecule has 2 atom stereocenters. The fraction of sp³-hybridized carbons (Fsp3) is 0.524. The first-order valence-corrected chi connectivity index (χ1v) is 9.69. The lowest BCUT2D eigenvalue weighted by Gasteiger charge is -2.25. The lowest BCUT2D eigenvalue weighted by molar-refractivity contribution is -0.132. The summed E-state index contributed by atoms with van der Waals surface area (Å²) in [6, 6.07) is 10.4. The molecule has 26 heavy (non-hydrogen) atoms. The molecule has 0 spiro atoms. The summed E-state index contributed by atoms with van der Waals surface area (Å²) in [5.74, 6) is -0.0326. The van der Waals surface area contributed by atoms with E-state index < -0.39 is 6.10 Å². The zero-order valence-corrected chi connectivity index (χ0v) is 15.8. The normalized spacial score (nSPS) is 17.5. The number of carbonyl (C=O) groups excluding carboxylic acids is 1. The number of rotatable bonds is 8. The molecule has 1 N–H and O–H groups in total. The van der Waals surface area contributed by atoms with Crippen molar-refractivity contribution in [2.24, 2.45) is 0 Å². The SMILES string of the molecule is CCCCOC(C)C(=O)NC1CCCc2c1cnn2Cc1ccccc1. The Morgan fingerprint density at radius 1 is 1.38 bits per heavy atom. The summed E-state index contributed by atoms with van der Waals surface area (Å²) in [5, 5.41) is 7.75. The average Bonchev–Trinajstić information content (AvgIpc) is 3.06. The van der Waals surface area contributed by atoms with Gasteiger partial charge >= 0.3 is 0 Å². The van der Waals surface area contributed by atoms with Crippen molar-refractivity contribution >= 4 is 5.91 Å². The Labute approximate surface area is 155 Å². The van der Waals surface area contributed by atoms with E-state index in [1.807, 2.05) is 31.3 Å². The maximum absolute atomic E-state index is 12.4. The van der Waals surface area contributed by atoms with Crippen molar-refractivity contribution in [3.05, 3.63) is 53.3 Å². The van der Waals surface area contributed by atoms with E-state index in [1.165, 1.54) is 11.3 Å². The molecule has 3 rings (SSSR count). The Hall–Kier alpha value is -2.14. The molecule has 0 bridgehead atoms. The Bertz CT molecular complexity index is 711. The van der Waals surface area contributed by atoms with Crippen LogP contribution in [0.15, 0.2) is 36.5 Å². The Balaban J connectivity index is 1.65. The monoisotopic (exact) mass is 355 g/mol.